The van der Waals surface area contributed by atoms with E-state index in [9.17, 15) is 14.9 Å². The van der Waals surface area contributed by atoms with Gasteiger partial charge in [-0.3, -0.25) is 10.1 Å². The number of benzene rings is 2. The normalized spacial score (nSPS) is 13.0. The molecule has 8 nitrogen and oxygen atoms in total. The first-order chi connectivity index (χ1) is 13.6. The number of rotatable bonds is 7. The van der Waals surface area contributed by atoms with E-state index in [0.29, 0.717) is 47.1 Å². The lowest BCUT2D eigenvalue weighted by molar-refractivity contribution is -0.384. The molecule has 28 heavy (non-hydrogen) atoms. The molecule has 0 atom stereocenters. The van der Waals surface area contributed by atoms with Crippen molar-refractivity contribution in [2.24, 2.45) is 0 Å². The van der Waals surface area contributed by atoms with Crippen LogP contribution >= 0.6 is 0 Å². The molecule has 0 saturated carbocycles. The molecule has 0 bridgehead atoms. The van der Waals surface area contributed by atoms with E-state index >= 15 is 0 Å². The summed E-state index contributed by atoms with van der Waals surface area (Å²) in [6, 6.07) is 11.6. The van der Waals surface area contributed by atoms with E-state index < -0.39 is 4.92 Å². The second-order valence-corrected chi connectivity index (χ2v) is 6.02. The number of non-ortho nitro benzene ring substituents is 1. The zero-order valence-electron chi connectivity index (χ0n) is 15.4. The maximum atomic E-state index is 11.4. The van der Waals surface area contributed by atoms with Gasteiger partial charge in [-0.2, -0.15) is 0 Å². The summed E-state index contributed by atoms with van der Waals surface area (Å²) in [5.74, 6) is 3.97. The SMILES string of the molecule is COc1ccc(CNC2=C(c3ccc([N+](=O)[O-])cc3)C(=C=O)CN2)c(OC)c1. The summed E-state index contributed by atoms with van der Waals surface area (Å²) in [6.45, 7) is 0.774. The number of hydrogen-bond donors (Lipinski definition) is 2. The van der Waals surface area contributed by atoms with Gasteiger partial charge in [-0.05, 0) is 29.8 Å². The molecule has 0 aromatic heterocycles. The summed E-state index contributed by atoms with van der Waals surface area (Å²) >= 11 is 0. The molecule has 0 amide bonds. The van der Waals surface area contributed by atoms with Gasteiger partial charge in [0.15, 0.2) is 0 Å². The second kappa shape index (κ2) is 8.28. The second-order valence-electron chi connectivity index (χ2n) is 6.02. The van der Waals surface area contributed by atoms with Gasteiger partial charge in [-0.25, -0.2) is 4.79 Å². The Morgan fingerprint density at radius 2 is 1.93 bits per heavy atom. The van der Waals surface area contributed by atoms with Crippen LogP contribution in [0.25, 0.3) is 5.57 Å². The smallest absolute Gasteiger partial charge is 0.269 e. The van der Waals surface area contributed by atoms with Crippen LogP contribution < -0.4 is 20.1 Å². The third-order valence-electron chi connectivity index (χ3n) is 4.43. The van der Waals surface area contributed by atoms with Crippen molar-refractivity contribution in [2.75, 3.05) is 20.8 Å². The minimum Gasteiger partial charge on any atom is -0.497 e. The average molecular weight is 381 g/mol. The van der Waals surface area contributed by atoms with Crippen molar-refractivity contribution in [1.82, 2.24) is 10.6 Å². The summed E-state index contributed by atoms with van der Waals surface area (Å²) in [5, 5.41) is 17.3. The fourth-order valence-electron chi connectivity index (χ4n) is 2.99. The van der Waals surface area contributed by atoms with Crippen molar-refractivity contribution in [2.45, 2.75) is 6.54 Å². The molecule has 2 aromatic carbocycles. The predicted molar refractivity (Wildman–Crippen MR) is 104 cm³/mol. The Bertz CT molecular complexity index is 976. The number of nitrogens with zero attached hydrogens (tertiary/aromatic N) is 1. The molecular formula is C20H19N3O5. The lowest BCUT2D eigenvalue weighted by Crippen LogP contribution is -2.23. The van der Waals surface area contributed by atoms with E-state index in [4.69, 9.17) is 9.47 Å². The van der Waals surface area contributed by atoms with Crippen molar-refractivity contribution in [3.8, 4) is 11.5 Å². The van der Waals surface area contributed by atoms with E-state index in [-0.39, 0.29) is 5.69 Å². The van der Waals surface area contributed by atoms with Crippen molar-refractivity contribution in [3.05, 3.63) is 75.1 Å². The first kappa shape index (κ1) is 19.0. The van der Waals surface area contributed by atoms with E-state index in [1.807, 2.05) is 18.1 Å². The number of nitro benzene ring substituents is 1. The van der Waals surface area contributed by atoms with Crippen molar-refractivity contribution in [1.29, 1.82) is 0 Å². The summed E-state index contributed by atoms with van der Waals surface area (Å²) in [7, 11) is 3.17. The van der Waals surface area contributed by atoms with Crippen LogP contribution in [0.3, 0.4) is 0 Å². The van der Waals surface area contributed by atoms with E-state index in [1.165, 1.54) is 12.1 Å². The molecule has 0 aliphatic carbocycles. The molecule has 144 valence electrons. The standard InChI is InChI=1S/C20H19N3O5/c1-27-17-8-5-14(18(9-17)28-2)10-21-20-19(15(12-24)11-22-20)13-3-6-16(7-4-13)23(25)26/h3-9,21-22H,10-11H2,1-2H3. The van der Waals surface area contributed by atoms with Crippen molar-refractivity contribution in [3.63, 3.8) is 0 Å². The summed E-state index contributed by atoms with van der Waals surface area (Å²) in [6.07, 6.45) is 0. The first-order valence-electron chi connectivity index (χ1n) is 8.49. The van der Waals surface area contributed by atoms with Crippen LogP contribution in [0.2, 0.25) is 0 Å². The Hall–Kier alpha value is -3.77. The van der Waals surface area contributed by atoms with Gasteiger partial charge in [0.25, 0.3) is 5.69 Å². The largest absolute Gasteiger partial charge is 0.497 e. The van der Waals surface area contributed by atoms with Gasteiger partial charge in [0, 0.05) is 35.9 Å². The van der Waals surface area contributed by atoms with Gasteiger partial charge >= 0.3 is 0 Å². The Balaban J connectivity index is 1.89. The minimum atomic E-state index is -0.462. The number of carbonyl (C=O) groups excluding carboxylic acids is 1. The third-order valence-corrected chi connectivity index (χ3v) is 4.43. The Morgan fingerprint density at radius 1 is 1.18 bits per heavy atom. The first-order valence-corrected chi connectivity index (χ1v) is 8.49. The highest BCUT2D eigenvalue weighted by Gasteiger charge is 2.23. The number of nitro groups is 1. The quantitative estimate of drug-likeness (QED) is 0.431. The lowest BCUT2D eigenvalue weighted by atomic mass is 10.0. The predicted octanol–water partition coefficient (Wildman–Crippen LogP) is 2.43. The van der Waals surface area contributed by atoms with Gasteiger partial charge in [0.05, 0.1) is 31.3 Å². The van der Waals surface area contributed by atoms with Gasteiger partial charge in [-0.15, -0.1) is 0 Å². The average Bonchev–Trinajstić information content (AvgIpc) is 3.15. The molecule has 0 unspecified atom stereocenters. The fraction of sp³-hybridized carbons (Fsp3) is 0.200. The van der Waals surface area contributed by atoms with E-state index in [0.717, 1.165) is 5.56 Å². The molecule has 2 N–H and O–H groups in total. The van der Waals surface area contributed by atoms with Gasteiger partial charge in [0.1, 0.15) is 23.3 Å². The van der Waals surface area contributed by atoms with E-state index in [1.54, 1.807) is 32.4 Å². The van der Waals surface area contributed by atoms with Crippen molar-refractivity contribution >= 4 is 17.2 Å². The minimum absolute atomic E-state index is 0.00980. The maximum Gasteiger partial charge on any atom is 0.269 e. The molecule has 1 aliphatic rings. The molecule has 2 aromatic rings. The Labute approximate surface area is 161 Å². The number of methoxy groups -OCH3 is 2. The van der Waals surface area contributed by atoms with Gasteiger partial charge in [-0.1, -0.05) is 0 Å². The van der Waals surface area contributed by atoms with Crippen LogP contribution in [0.5, 0.6) is 11.5 Å². The zero-order valence-corrected chi connectivity index (χ0v) is 15.4. The molecule has 0 saturated heterocycles. The Kier molecular flexibility index (Phi) is 5.62. The molecular weight excluding hydrogens is 362 g/mol. The number of ether oxygens (including phenoxy) is 2. The van der Waals surface area contributed by atoms with Crippen LogP contribution in [0.1, 0.15) is 11.1 Å². The zero-order chi connectivity index (χ0) is 20.1. The monoisotopic (exact) mass is 381 g/mol. The lowest BCUT2D eigenvalue weighted by Gasteiger charge is -2.14. The third kappa shape index (κ3) is 3.82. The molecule has 8 heteroatoms. The molecule has 1 aliphatic heterocycles. The molecule has 0 radical (unpaired) electrons. The van der Waals surface area contributed by atoms with Gasteiger partial charge in [0.2, 0.25) is 0 Å². The topological polar surface area (TPSA) is 103 Å². The maximum absolute atomic E-state index is 11.4. The summed E-state index contributed by atoms with van der Waals surface area (Å²) in [5.41, 5.74) is 2.70. The fourth-order valence-corrected chi connectivity index (χ4v) is 2.99. The summed E-state index contributed by atoms with van der Waals surface area (Å²) in [4.78, 5) is 21.8. The number of nitrogens with one attached hydrogen (secondary N) is 2. The van der Waals surface area contributed by atoms with Crippen LogP contribution in [0.15, 0.2) is 53.9 Å². The van der Waals surface area contributed by atoms with Crippen molar-refractivity contribution < 1.29 is 19.2 Å². The molecule has 3 rings (SSSR count). The van der Waals surface area contributed by atoms with Crippen LogP contribution in [0, 0.1) is 10.1 Å². The van der Waals surface area contributed by atoms with Crippen LogP contribution in [-0.2, 0) is 11.3 Å². The number of hydrogen-bond acceptors (Lipinski definition) is 7. The summed E-state index contributed by atoms with van der Waals surface area (Å²) < 4.78 is 10.6. The van der Waals surface area contributed by atoms with E-state index in [2.05, 4.69) is 10.6 Å². The molecule has 1 heterocycles. The molecule has 0 fully saturated rings. The van der Waals surface area contributed by atoms with Gasteiger partial charge < -0.3 is 20.1 Å². The highest BCUT2D eigenvalue weighted by atomic mass is 16.6. The Morgan fingerprint density at radius 3 is 2.54 bits per heavy atom. The van der Waals surface area contributed by atoms with Crippen LogP contribution in [-0.4, -0.2) is 31.6 Å². The molecule has 0 spiro atoms. The van der Waals surface area contributed by atoms with Crippen LogP contribution in [0.4, 0.5) is 5.69 Å². The highest BCUT2D eigenvalue weighted by Crippen LogP contribution is 2.30. The highest BCUT2D eigenvalue weighted by molar-refractivity contribution is 5.91.